The molecule has 2 heterocycles. The molecule has 0 saturated heterocycles. The van der Waals surface area contributed by atoms with E-state index in [1.54, 1.807) is 7.11 Å². The van der Waals surface area contributed by atoms with Crippen molar-refractivity contribution in [3.63, 3.8) is 0 Å². The van der Waals surface area contributed by atoms with Gasteiger partial charge in [-0.3, -0.25) is 0 Å². The van der Waals surface area contributed by atoms with E-state index >= 15 is 0 Å². The number of nitrogens with zero attached hydrogens (tertiary/aromatic N) is 1. The summed E-state index contributed by atoms with van der Waals surface area (Å²) in [6.07, 6.45) is 2.09. The fraction of sp³-hybridized carbons (Fsp3) is 0.400. The molecule has 132 valence electrons. The van der Waals surface area contributed by atoms with Crippen LogP contribution in [0.4, 0.5) is 0 Å². The van der Waals surface area contributed by atoms with Gasteiger partial charge < -0.3 is 42.7 Å². The molecule has 25 heavy (non-hydrogen) atoms. The van der Waals surface area contributed by atoms with Crippen molar-refractivity contribution >= 4 is 0 Å². The number of methoxy groups -OCH3 is 1. The molecule has 2 aromatic rings. The van der Waals surface area contributed by atoms with Crippen LogP contribution in [0.2, 0.25) is 0 Å². The zero-order valence-electron chi connectivity index (χ0n) is 14.8. The SMILES string of the molecule is COc1cccc2c1CC1c3c(cc4c(c3-2)OCO4)CC[N+]1(C)C.[I-]. The van der Waals surface area contributed by atoms with Gasteiger partial charge in [0.15, 0.2) is 11.5 Å². The smallest absolute Gasteiger partial charge is 0.231 e. The summed E-state index contributed by atoms with van der Waals surface area (Å²) in [6, 6.07) is 8.97. The molecule has 0 spiro atoms. The maximum atomic E-state index is 5.90. The van der Waals surface area contributed by atoms with E-state index in [1.165, 1.54) is 27.8 Å². The molecule has 5 heteroatoms. The molecular weight excluding hydrogens is 429 g/mol. The molecular formula is C20H22INO3. The molecule has 0 fully saturated rings. The van der Waals surface area contributed by atoms with Gasteiger partial charge in [0.25, 0.3) is 0 Å². The highest BCUT2D eigenvalue weighted by atomic mass is 127. The Morgan fingerprint density at radius 2 is 2.04 bits per heavy atom. The maximum Gasteiger partial charge on any atom is 0.231 e. The number of hydrogen-bond donors (Lipinski definition) is 0. The third-order valence-electron chi connectivity index (χ3n) is 5.94. The van der Waals surface area contributed by atoms with Crippen LogP contribution in [-0.4, -0.2) is 39.0 Å². The predicted octanol–water partition coefficient (Wildman–Crippen LogP) is 0.325. The topological polar surface area (TPSA) is 27.7 Å². The first-order valence-electron chi connectivity index (χ1n) is 8.54. The normalized spacial score (nSPS) is 21.0. The van der Waals surface area contributed by atoms with E-state index in [4.69, 9.17) is 14.2 Å². The summed E-state index contributed by atoms with van der Waals surface area (Å²) in [4.78, 5) is 0. The van der Waals surface area contributed by atoms with E-state index in [2.05, 4.69) is 38.4 Å². The number of halogens is 1. The van der Waals surface area contributed by atoms with Crippen LogP contribution < -0.4 is 38.2 Å². The Hall–Kier alpha value is -1.47. The lowest BCUT2D eigenvalue weighted by Crippen LogP contribution is -3.00. The number of hydrogen-bond acceptors (Lipinski definition) is 3. The van der Waals surface area contributed by atoms with Gasteiger partial charge >= 0.3 is 0 Å². The number of benzene rings is 2. The Bertz CT molecular complexity index is 863. The van der Waals surface area contributed by atoms with Crippen LogP contribution in [-0.2, 0) is 12.8 Å². The van der Waals surface area contributed by atoms with Gasteiger partial charge in [-0.25, -0.2) is 0 Å². The van der Waals surface area contributed by atoms with Crippen molar-refractivity contribution in [2.45, 2.75) is 18.9 Å². The lowest BCUT2D eigenvalue weighted by atomic mass is 9.75. The third kappa shape index (κ3) is 2.28. The molecule has 0 N–H and O–H groups in total. The number of rotatable bonds is 1. The molecule has 1 unspecified atom stereocenters. The van der Waals surface area contributed by atoms with E-state index in [-0.39, 0.29) is 24.0 Å². The van der Waals surface area contributed by atoms with Gasteiger partial charge in [-0.2, -0.15) is 0 Å². The van der Waals surface area contributed by atoms with Crippen molar-refractivity contribution in [2.24, 2.45) is 0 Å². The number of quaternary nitrogens is 1. The molecule has 2 aromatic carbocycles. The summed E-state index contributed by atoms with van der Waals surface area (Å²) in [5.74, 6) is 2.78. The molecule has 1 atom stereocenters. The summed E-state index contributed by atoms with van der Waals surface area (Å²) in [6.45, 7) is 1.45. The molecule has 5 rings (SSSR count). The van der Waals surface area contributed by atoms with Crippen molar-refractivity contribution in [2.75, 3.05) is 34.5 Å². The molecule has 4 nitrogen and oxygen atoms in total. The number of likely N-dealkylation sites (N-methyl/N-ethyl adjacent to an activating group) is 1. The molecule has 2 aliphatic heterocycles. The fourth-order valence-corrected chi connectivity index (χ4v) is 4.62. The molecule has 1 aliphatic carbocycles. The van der Waals surface area contributed by atoms with E-state index in [0.717, 1.165) is 41.1 Å². The Labute approximate surface area is 165 Å². The first-order valence-corrected chi connectivity index (χ1v) is 8.54. The van der Waals surface area contributed by atoms with Crippen molar-refractivity contribution < 1.29 is 42.7 Å². The van der Waals surface area contributed by atoms with Crippen LogP contribution in [0.1, 0.15) is 22.7 Å². The molecule has 0 bridgehead atoms. The van der Waals surface area contributed by atoms with Crippen LogP contribution >= 0.6 is 0 Å². The van der Waals surface area contributed by atoms with Crippen molar-refractivity contribution in [1.29, 1.82) is 0 Å². The zero-order chi connectivity index (χ0) is 16.5. The minimum Gasteiger partial charge on any atom is -1.00 e. The van der Waals surface area contributed by atoms with Crippen LogP contribution in [0.15, 0.2) is 24.3 Å². The van der Waals surface area contributed by atoms with Gasteiger partial charge in [0.1, 0.15) is 11.8 Å². The average Bonchev–Trinajstić information content (AvgIpc) is 3.05. The van der Waals surface area contributed by atoms with E-state index < -0.39 is 0 Å². The van der Waals surface area contributed by atoms with Gasteiger partial charge in [0.05, 0.1) is 27.7 Å². The summed E-state index contributed by atoms with van der Waals surface area (Å²) >= 11 is 0. The van der Waals surface area contributed by atoms with Gasteiger partial charge in [-0.1, -0.05) is 12.1 Å². The predicted molar refractivity (Wildman–Crippen MR) is 91.7 cm³/mol. The average molecular weight is 451 g/mol. The van der Waals surface area contributed by atoms with E-state index in [1.807, 2.05) is 0 Å². The monoisotopic (exact) mass is 451 g/mol. The molecule has 0 amide bonds. The molecule has 0 radical (unpaired) electrons. The minimum absolute atomic E-state index is 0. The van der Waals surface area contributed by atoms with Crippen molar-refractivity contribution in [3.8, 4) is 28.4 Å². The number of ether oxygens (including phenoxy) is 3. The maximum absolute atomic E-state index is 5.90. The van der Waals surface area contributed by atoms with Gasteiger partial charge in [-0.05, 0) is 23.3 Å². The molecule has 0 saturated carbocycles. The summed E-state index contributed by atoms with van der Waals surface area (Å²) in [5, 5.41) is 0. The van der Waals surface area contributed by atoms with E-state index in [9.17, 15) is 0 Å². The second kappa shape index (κ2) is 5.77. The Morgan fingerprint density at radius 3 is 2.84 bits per heavy atom. The summed E-state index contributed by atoms with van der Waals surface area (Å²) < 4.78 is 18.3. The quantitative estimate of drug-likeness (QED) is 0.462. The summed E-state index contributed by atoms with van der Waals surface area (Å²) in [5.41, 5.74) is 6.64. The van der Waals surface area contributed by atoms with Gasteiger partial charge in [0, 0.05) is 29.5 Å². The zero-order valence-corrected chi connectivity index (χ0v) is 16.9. The van der Waals surface area contributed by atoms with Crippen LogP contribution in [0, 0.1) is 0 Å². The van der Waals surface area contributed by atoms with E-state index in [0.29, 0.717) is 12.8 Å². The van der Waals surface area contributed by atoms with Gasteiger partial charge in [-0.15, -0.1) is 0 Å². The highest BCUT2D eigenvalue weighted by Crippen LogP contribution is 2.55. The van der Waals surface area contributed by atoms with Crippen LogP contribution in [0.25, 0.3) is 11.1 Å². The highest BCUT2D eigenvalue weighted by molar-refractivity contribution is 5.84. The third-order valence-corrected chi connectivity index (χ3v) is 5.94. The van der Waals surface area contributed by atoms with Crippen LogP contribution in [0.5, 0.6) is 17.2 Å². The van der Waals surface area contributed by atoms with Crippen molar-refractivity contribution in [1.82, 2.24) is 0 Å². The lowest BCUT2D eigenvalue weighted by Gasteiger charge is -2.46. The lowest BCUT2D eigenvalue weighted by molar-refractivity contribution is -0.923. The second-order valence-electron chi connectivity index (χ2n) is 7.52. The first kappa shape index (κ1) is 17.0. The Kier molecular flexibility index (Phi) is 3.92. The van der Waals surface area contributed by atoms with Gasteiger partial charge in [0.2, 0.25) is 6.79 Å². The summed E-state index contributed by atoms with van der Waals surface area (Å²) in [7, 11) is 6.43. The largest absolute Gasteiger partial charge is 1.00 e. The second-order valence-corrected chi connectivity index (χ2v) is 7.52. The van der Waals surface area contributed by atoms with Crippen LogP contribution in [0.3, 0.4) is 0 Å². The number of fused-ring (bicyclic) bond motifs is 4. The molecule has 3 aliphatic rings. The minimum atomic E-state index is 0. The molecule has 0 aromatic heterocycles. The standard InChI is InChI=1S/C20H22NO3.HI/c1-21(2)8-7-12-9-17-20(24-11-23-17)19-13-5-4-6-16(22-3)14(13)10-15(21)18(12)19;/h4-6,9,15H,7-8,10-11H2,1-3H3;1H/q+1;/p-1. The fourth-order valence-electron chi connectivity index (χ4n) is 4.62. The first-order chi connectivity index (χ1) is 11.6. The highest BCUT2D eigenvalue weighted by Gasteiger charge is 2.44. The Morgan fingerprint density at radius 1 is 1.20 bits per heavy atom. The Balaban J connectivity index is 0.00000157. The van der Waals surface area contributed by atoms with Crippen molar-refractivity contribution in [3.05, 3.63) is 41.0 Å².